The molecular formula is C31H66O6SSi3. The third kappa shape index (κ3) is 9.39. The lowest BCUT2D eigenvalue weighted by Gasteiger charge is -2.51. The number of hydrogen-bond acceptors (Lipinski definition) is 7. The van der Waals surface area contributed by atoms with Gasteiger partial charge in [-0.1, -0.05) is 62.3 Å². The zero-order chi connectivity index (χ0) is 32.0. The molecule has 2 fully saturated rings. The number of thioether (sulfide) groups is 1. The Bertz CT molecular complexity index is 848. The molecule has 0 saturated carbocycles. The van der Waals surface area contributed by atoms with E-state index in [0.29, 0.717) is 0 Å². The molecule has 0 aliphatic carbocycles. The standard InChI is InChI=1S/C31H66O6SSi3/c1-21-27(37-41(17,18)31(9,10)11)23(35-39(13,14)29(3,4)5)20-26(34-21)38-28-22(2)33-25(32-12)19-24(28)36-40(15,16)30(6,7)8/h21-28H,19-20H2,1-18H3/t21-,22-,23-,24-,25+,26-,27-,28-/m0/s1. The maximum Gasteiger partial charge on any atom is 0.192 e. The van der Waals surface area contributed by atoms with Crippen LogP contribution < -0.4 is 0 Å². The fourth-order valence-electron chi connectivity index (χ4n) is 4.64. The fraction of sp³-hybridized carbons (Fsp3) is 1.00. The third-order valence-corrected chi connectivity index (χ3v) is 25.6. The Hall–Kier alpha value is 0.761. The lowest BCUT2D eigenvalue weighted by atomic mass is 10.0. The number of rotatable bonds is 9. The summed E-state index contributed by atoms with van der Waals surface area (Å²) < 4.78 is 40.1. The van der Waals surface area contributed by atoms with E-state index in [2.05, 4.69) is 115 Å². The molecule has 41 heavy (non-hydrogen) atoms. The van der Waals surface area contributed by atoms with Gasteiger partial charge in [0, 0.05) is 20.0 Å². The van der Waals surface area contributed by atoms with E-state index >= 15 is 0 Å². The van der Waals surface area contributed by atoms with E-state index in [0.717, 1.165) is 12.8 Å². The minimum Gasteiger partial charge on any atom is -0.413 e. The Morgan fingerprint density at radius 2 is 1.05 bits per heavy atom. The highest BCUT2D eigenvalue weighted by Crippen LogP contribution is 2.47. The predicted octanol–water partition coefficient (Wildman–Crippen LogP) is 9.18. The first-order valence-electron chi connectivity index (χ1n) is 15.7. The summed E-state index contributed by atoms with van der Waals surface area (Å²) in [5.74, 6) is 0. The quantitative estimate of drug-likeness (QED) is 0.231. The average molecular weight is 651 g/mol. The number of hydrogen-bond donors (Lipinski definition) is 0. The van der Waals surface area contributed by atoms with Crippen molar-refractivity contribution in [2.75, 3.05) is 7.11 Å². The minimum atomic E-state index is -2.05. The molecule has 2 aliphatic rings. The molecule has 0 radical (unpaired) electrons. The predicted molar refractivity (Wildman–Crippen MR) is 183 cm³/mol. The highest BCUT2D eigenvalue weighted by molar-refractivity contribution is 8.00. The van der Waals surface area contributed by atoms with Gasteiger partial charge in [-0.3, -0.25) is 0 Å². The third-order valence-electron chi connectivity index (χ3n) is 10.6. The van der Waals surface area contributed by atoms with Crippen molar-refractivity contribution >= 4 is 36.7 Å². The SMILES string of the molecule is CO[C@H]1C[C@H](O[Si](C)(C)C(C)(C)C)[C@@H](S[C@H]2C[C@H](O[Si](C)(C)C(C)(C)C)[C@@H](O[Si](C)(C)C(C)(C)C)[C@H](C)O2)[C@H](C)O1. The van der Waals surface area contributed by atoms with Gasteiger partial charge in [0.05, 0.1) is 35.8 Å². The first-order chi connectivity index (χ1) is 18.2. The lowest BCUT2D eigenvalue weighted by Crippen LogP contribution is -2.59. The van der Waals surface area contributed by atoms with Crippen LogP contribution in [0.1, 0.15) is 89.0 Å². The molecule has 0 amide bonds. The summed E-state index contributed by atoms with van der Waals surface area (Å²) in [5.41, 5.74) is -0.0281. The van der Waals surface area contributed by atoms with Gasteiger partial charge >= 0.3 is 0 Å². The largest absolute Gasteiger partial charge is 0.413 e. The van der Waals surface area contributed by atoms with E-state index < -0.39 is 25.0 Å². The van der Waals surface area contributed by atoms with Crippen LogP contribution in [0, 0.1) is 0 Å². The Kier molecular flexibility index (Phi) is 12.3. The Morgan fingerprint density at radius 3 is 1.49 bits per heavy atom. The topological polar surface area (TPSA) is 55.4 Å². The van der Waals surface area contributed by atoms with Crippen LogP contribution in [0.4, 0.5) is 0 Å². The first-order valence-corrected chi connectivity index (χ1v) is 25.4. The molecule has 0 N–H and O–H groups in total. The molecule has 0 unspecified atom stereocenters. The van der Waals surface area contributed by atoms with Gasteiger partial charge in [-0.2, -0.15) is 0 Å². The van der Waals surface area contributed by atoms with Crippen LogP contribution in [0.25, 0.3) is 0 Å². The summed E-state index contributed by atoms with van der Waals surface area (Å²) in [4.78, 5) is 0. The van der Waals surface area contributed by atoms with Crippen LogP contribution in [-0.4, -0.2) is 79.6 Å². The Morgan fingerprint density at radius 1 is 0.610 bits per heavy atom. The van der Waals surface area contributed by atoms with Crippen LogP contribution >= 0.6 is 11.8 Å². The second-order valence-electron chi connectivity index (χ2n) is 17.0. The van der Waals surface area contributed by atoms with Crippen molar-refractivity contribution in [3.63, 3.8) is 0 Å². The zero-order valence-electron chi connectivity index (χ0n) is 29.9. The summed E-state index contributed by atoms with van der Waals surface area (Å²) in [7, 11) is -4.37. The molecule has 0 bridgehead atoms. The van der Waals surface area contributed by atoms with Crippen LogP contribution in [0.5, 0.6) is 0 Å². The molecule has 2 saturated heterocycles. The molecule has 10 heteroatoms. The van der Waals surface area contributed by atoms with Gasteiger partial charge in [0.1, 0.15) is 5.44 Å². The fourth-order valence-corrected chi connectivity index (χ4v) is 10.3. The van der Waals surface area contributed by atoms with E-state index in [9.17, 15) is 0 Å². The van der Waals surface area contributed by atoms with Gasteiger partial charge in [-0.15, -0.1) is 11.8 Å². The lowest BCUT2D eigenvalue weighted by molar-refractivity contribution is -0.194. The molecule has 2 aliphatic heterocycles. The highest BCUT2D eigenvalue weighted by Gasteiger charge is 2.51. The van der Waals surface area contributed by atoms with E-state index in [1.54, 1.807) is 7.11 Å². The summed E-state index contributed by atoms with van der Waals surface area (Å²) in [5, 5.41) is 0.486. The maximum absolute atomic E-state index is 7.18. The smallest absolute Gasteiger partial charge is 0.192 e. The summed E-state index contributed by atoms with van der Waals surface area (Å²) in [6, 6.07) is 0. The molecule has 0 aromatic carbocycles. The number of ether oxygens (including phenoxy) is 3. The molecule has 0 aromatic rings. The van der Waals surface area contributed by atoms with E-state index in [1.165, 1.54) is 0 Å². The summed E-state index contributed by atoms with van der Waals surface area (Å²) in [6.07, 6.45) is 1.12. The average Bonchev–Trinajstić information content (AvgIpc) is 2.75. The van der Waals surface area contributed by atoms with Crippen molar-refractivity contribution in [3.8, 4) is 0 Å². The first kappa shape index (κ1) is 37.9. The molecule has 6 nitrogen and oxygen atoms in total. The van der Waals surface area contributed by atoms with Gasteiger partial charge in [0.2, 0.25) is 0 Å². The summed E-state index contributed by atoms with van der Waals surface area (Å²) in [6.45, 7) is 39.1. The monoisotopic (exact) mass is 650 g/mol. The highest BCUT2D eigenvalue weighted by atomic mass is 32.2. The van der Waals surface area contributed by atoms with Crippen molar-refractivity contribution < 1.29 is 27.5 Å². The van der Waals surface area contributed by atoms with Gasteiger partial charge in [0.15, 0.2) is 31.2 Å². The molecule has 2 rings (SSSR count). The zero-order valence-corrected chi connectivity index (χ0v) is 33.7. The van der Waals surface area contributed by atoms with Gasteiger partial charge in [-0.05, 0) is 68.2 Å². The van der Waals surface area contributed by atoms with Crippen molar-refractivity contribution in [3.05, 3.63) is 0 Å². The van der Waals surface area contributed by atoms with Crippen LogP contribution in [-0.2, 0) is 27.5 Å². The van der Waals surface area contributed by atoms with Crippen molar-refractivity contribution in [2.45, 2.75) is 191 Å². The maximum atomic E-state index is 7.18. The second kappa shape index (κ2) is 13.2. The van der Waals surface area contributed by atoms with E-state index in [1.807, 2.05) is 11.8 Å². The second-order valence-corrected chi connectivity index (χ2v) is 32.6. The van der Waals surface area contributed by atoms with E-state index in [4.69, 9.17) is 27.5 Å². The van der Waals surface area contributed by atoms with Gasteiger partial charge in [0.25, 0.3) is 0 Å². The number of methoxy groups -OCH3 is 1. The molecule has 0 spiro atoms. The van der Waals surface area contributed by atoms with Gasteiger partial charge in [-0.25, -0.2) is 0 Å². The Labute approximate surface area is 261 Å². The molecule has 0 aromatic heterocycles. The minimum absolute atomic E-state index is 0.0161. The molecule has 2 heterocycles. The molecule has 244 valence electrons. The Balaban J connectivity index is 2.38. The molecular weight excluding hydrogens is 585 g/mol. The van der Waals surface area contributed by atoms with Crippen LogP contribution in [0.3, 0.4) is 0 Å². The van der Waals surface area contributed by atoms with Crippen LogP contribution in [0.15, 0.2) is 0 Å². The van der Waals surface area contributed by atoms with Gasteiger partial charge < -0.3 is 27.5 Å². The normalized spacial score (nSPS) is 33.2. The molecule has 8 atom stereocenters. The van der Waals surface area contributed by atoms with Crippen molar-refractivity contribution in [2.24, 2.45) is 0 Å². The summed E-state index contributed by atoms with van der Waals surface area (Å²) >= 11 is 1.87. The van der Waals surface area contributed by atoms with E-state index in [-0.39, 0.29) is 62.6 Å². The van der Waals surface area contributed by atoms with Crippen molar-refractivity contribution in [1.82, 2.24) is 0 Å². The van der Waals surface area contributed by atoms with Crippen molar-refractivity contribution in [1.29, 1.82) is 0 Å². The van der Waals surface area contributed by atoms with Crippen LogP contribution in [0.2, 0.25) is 54.4 Å².